The van der Waals surface area contributed by atoms with E-state index in [1.807, 2.05) is 45.0 Å². The van der Waals surface area contributed by atoms with Crippen molar-refractivity contribution < 1.29 is 4.79 Å². The van der Waals surface area contributed by atoms with E-state index in [-0.39, 0.29) is 5.91 Å². The van der Waals surface area contributed by atoms with Gasteiger partial charge in [-0.25, -0.2) is 4.98 Å². The van der Waals surface area contributed by atoms with Gasteiger partial charge in [-0.1, -0.05) is 11.6 Å². The average molecular weight is 324 g/mol. The fourth-order valence-corrected chi connectivity index (χ4v) is 3.25. The molecule has 4 nitrogen and oxygen atoms in total. The molecule has 1 aromatic carbocycles. The molecule has 1 amide bonds. The first-order valence-corrected chi connectivity index (χ1v) is 7.75. The lowest BCUT2D eigenvalue weighted by Gasteiger charge is -2.08. The normalized spacial score (nSPS) is 11.0. The van der Waals surface area contributed by atoms with Crippen molar-refractivity contribution in [1.29, 1.82) is 0 Å². The van der Waals surface area contributed by atoms with Crippen LogP contribution >= 0.6 is 22.9 Å². The minimum atomic E-state index is -0.125. The predicted octanol–water partition coefficient (Wildman–Crippen LogP) is 3.73. The van der Waals surface area contributed by atoms with Crippen LogP contribution in [-0.4, -0.2) is 29.9 Å². The first kappa shape index (κ1) is 15.9. The molecular formula is C15H18ClN3OS. The number of carbonyl (C=O) groups is 1. The van der Waals surface area contributed by atoms with Crippen LogP contribution in [0, 0.1) is 13.8 Å². The second-order valence-electron chi connectivity index (χ2n) is 5.17. The van der Waals surface area contributed by atoms with Gasteiger partial charge >= 0.3 is 0 Å². The molecule has 0 aliphatic carbocycles. The second kappa shape index (κ2) is 6.56. The van der Waals surface area contributed by atoms with E-state index in [1.165, 1.54) is 11.3 Å². The number of rotatable bonds is 4. The van der Waals surface area contributed by atoms with Gasteiger partial charge in [-0.05, 0) is 51.7 Å². The predicted molar refractivity (Wildman–Crippen MR) is 88.4 cm³/mol. The molecule has 2 aromatic rings. The number of nitrogens with one attached hydrogen (secondary N) is 1. The summed E-state index contributed by atoms with van der Waals surface area (Å²) in [4.78, 5) is 19.5. The topological polar surface area (TPSA) is 45.2 Å². The van der Waals surface area contributed by atoms with Gasteiger partial charge in [0.15, 0.2) is 0 Å². The molecule has 112 valence electrons. The van der Waals surface area contributed by atoms with Crippen molar-refractivity contribution in [3.63, 3.8) is 0 Å². The zero-order valence-corrected chi connectivity index (χ0v) is 14.1. The van der Waals surface area contributed by atoms with Crippen molar-refractivity contribution in [3.8, 4) is 0 Å². The maximum Gasteiger partial charge on any atom is 0.267 e. The molecule has 1 aromatic heterocycles. The van der Waals surface area contributed by atoms with Crippen molar-refractivity contribution in [3.05, 3.63) is 44.4 Å². The van der Waals surface area contributed by atoms with Crippen molar-refractivity contribution in [2.45, 2.75) is 20.4 Å². The summed E-state index contributed by atoms with van der Waals surface area (Å²) < 4.78 is 0. The first-order chi connectivity index (χ1) is 9.86. The Morgan fingerprint density at radius 3 is 2.71 bits per heavy atom. The Morgan fingerprint density at radius 1 is 1.38 bits per heavy atom. The number of amides is 1. The van der Waals surface area contributed by atoms with Gasteiger partial charge in [0.05, 0.1) is 5.69 Å². The first-order valence-electron chi connectivity index (χ1n) is 6.55. The SMILES string of the molecule is Cc1cc(Cl)ccc1NC(=O)c1sc(CN(C)C)nc1C. The molecule has 0 radical (unpaired) electrons. The third-order valence-corrected chi connectivity index (χ3v) is 4.31. The quantitative estimate of drug-likeness (QED) is 0.932. The fraction of sp³-hybridized carbons (Fsp3) is 0.333. The number of carbonyl (C=O) groups excluding carboxylic acids is 1. The van der Waals surface area contributed by atoms with Crippen molar-refractivity contribution >= 4 is 34.5 Å². The highest BCUT2D eigenvalue weighted by atomic mass is 35.5. The van der Waals surface area contributed by atoms with E-state index in [0.717, 1.165) is 28.5 Å². The summed E-state index contributed by atoms with van der Waals surface area (Å²) in [6.45, 7) is 4.51. The maximum atomic E-state index is 12.4. The molecule has 1 N–H and O–H groups in total. The van der Waals surface area contributed by atoms with Gasteiger partial charge in [0.25, 0.3) is 5.91 Å². The molecule has 0 aliphatic rings. The number of hydrogen-bond donors (Lipinski definition) is 1. The summed E-state index contributed by atoms with van der Waals surface area (Å²) in [5, 5.41) is 4.52. The lowest BCUT2D eigenvalue weighted by Crippen LogP contribution is -2.12. The molecule has 1 heterocycles. The zero-order chi connectivity index (χ0) is 15.6. The van der Waals surface area contributed by atoms with Gasteiger partial charge in [-0.3, -0.25) is 4.79 Å². The average Bonchev–Trinajstić information content (AvgIpc) is 2.72. The largest absolute Gasteiger partial charge is 0.321 e. The number of aromatic nitrogens is 1. The standard InChI is InChI=1S/C15H18ClN3OS/c1-9-7-11(16)5-6-12(9)18-15(20)14-10(2)17-13(21-14)8-19(3)4/h5-7H,8H2,1-4H3,(H,18,20). The molecule has 0 unspecified atom stereocenters. The van der Waals surface area contributed by atoms with Crippen LogP contribution in [0.1, 0.15) is 25.9 Å². The number of thiazole rings is 1. The summed E-state index contributed by atoms with van der Waals surface area (Å²) in [6.07, 6.45) is 0. The van der Waals surface area contributed by atoms with Gasteiger partial charge in [0, 0.05) is 17.3 Å². The Bertz CT molecular complexity index is 667. The lowest BCUT2D eigenvalue weighted by molar-refractivity contribution is 0.102. The zero-order valence-electron chi connectivity index (χ0n) is 12.5. The van der Waals surface area contributed by atoms with E-state index >= 15 is 0 Å². The van der Waals surface area contributed by atoms with E-state index < -0.39 is 0 Å². The number of halogens is 1. The number of nitrogens with zero attached hydrogens (tertiary/aromatic N) is 2. The highest BCUT2D eigenvalue weighted by Gasteiger charge is 2.16. The van der Waals surface area contributed by atoms with E-state index in [1.54, 1.807) is 6.07 Å². The molecule has 21 heavy (non-hydrogen) atoms. The molecular weight excluding hydrogens is 306 g/mol. The third-order valence-electron chi connectivity index (χ3n) is 2.94. The van der Waals surface area contributed by atoms with E-state index in [9.17, 15) is 4.79 Å². The van der Waals surface area contributed by atoms with E-state index in [0.29, 0.717) is 9.90 Å². The number of hydrogen-bond acceptors (Lipinski definition) is 4. The Hall–Kier alpha value is -1.43. The van der Waals surface area contributed by atoms with Gasteiger partial charge in [0.2, 0.25) is 0 Å². The fourth-order valence-electron chi connectivity index (χ4n) is 1.95. The monoisotopic (exact) mass is 323 g/mol. The van der Waals surface area contributed by atoms with E-state index in [4.69, 9.17) is 11.6 Å². The molecule has 0 spiro atoms. The Balaban J connectivity index is 2.18. The van der Waals surface area contributed by atoms with Crippen molar-refractivity contribution in [1.82, 2.24) is 9.88 Å². The minimum absolute atomic E-state index is 0.125. The summed E-state index contributed by atoms with van der Waals surface area (Å²) >= 11 is 7.36. The van der Waals surface area contributed by atoms with Crippen LogP contribution in [0.25, 0.3) is 0 Å². The Kier molecular flexibility index (Phi) is 4.98. The summed E-state index contributed by atoms with van der Waals surface area (Å²) in [5.41, 5.74) is 2.47. The smallest absolute Gasteiger partial charge is 0.267 e. The summed E-state index contributed by atoms with van der Waals surface area (Å²) in [5.74, 6) is -0.125. The Morgan fingerprint density at radius 2 is 2.10 bits per heavy atom. The summed E-state index contributed by atoms with van der Waals surface area (Å²) in [7, 11) is 3.96. The molecule has 2 rings (SSSR count). The van der Waals surface area contributed by atoms with Gasteiger partial charge < -0.3 is 10.2 Å². The molecule has 0 aliphatic heterocycles. The van der Waals surface area contributed by atoms with E-state index in [2.05, 4.69) is 10.3 Å². The van der Waals surface area contributed by atoms with Crippen LogP contribution < -0.4 is 5.32 Å². The third kappa shape index (κ3) is 4.03. The molecule has 0 atom stereocenters. The lowest BCUT2D eigenvalue weighted by atomic mass is 10.2. The van der Waals surface area contributed by atoms with Gasteiger partial charge in [0.1, 0.15) is 9.88 Å². The highest BCUT2D eigenvalue weighted by molar-refractivity contribution is 7.13. The van der Waals surface area contributed by atoms with Gasteiger partial charge in [-0.2, -0.15) is 0 Å². The van der Waals surface area contributed by atoms with Crippen molar-refractivity contribution in [2.24, 2.45) is 0 Å². The highest BCUT2D eigenvalue weighted by Crippen LogP contribution is 2.23. The van der Waals surface area contributed by atoms with Crippen LogP contribution in [0.5, 0.6) is 0 Å². The van der Waals surface area contributed by atoms with Crippen LogP contribution in [0.4, 0.5) is 5.69 Å². The second-order valence-corrected chi connectivity index (χ2v) is 6.69. The van der Waals surface area contributed by atoms with Crippen LogP contribution in [-0.2, 0) is 6.54 Å². The van der Waals surface area contributed by atoms with Crippen LogP contribution in [0.15, 0.2) is 18.2 Å². The van der Waals surface area contributed by atoms with Crippen molar-refractivity contribution in [2.75, 3.05) is 19.4 Å². The molecule has 0 fully saturated rings. The van der Waals surface area contributed by atoms with Crippen LogP contribution in [0.3, 0.4) is 0 Å². The Labute approximate surface area is 133 Å². The number of anilines is 1. The molecule has 0 saturated carbocycles. The molecule has 6 heteroatoms. The molecule has 0 saturated heterocycles. The summed E-state index contributed by atoms with van der Waals surface area (Å²) in [6, 6.07) is 5.40. The number of benzene rings is 1. The van der Waals surface area contributed by atoms with Gasteiger partial charge in [-0.15, -0.1) is 11.3 Å². The maximum absolute atomic E-state index is 12.4. The number of aryl methyl sites for hydroxylation is 2. The van der Waals surface area contributed by atoms with Crippen LogP contribution in [0.2, 0.25) is 5.02 Å². The molecule has 0 bridgehead atoms. The minimum Gasteiger partial charge on any atom is -0.321 e.